The standard InChI is InChI=1S/C10H12F2N2O4S/c11-10(12,19(14,17)18)7-3-1-6(2-4-7)5-8(13)9(15)16/h1-4,8H,5,13H2,(H,15,16)(H2,14,17,18)/t8-/m0/s1. The van der Waals surface area contributed by atoms with E-state index >= 15 is 0 Å². The van der Waals surface area contributed by atoms with Crippen molar-refractivity contribution >= 4 is 16.0 Å². The summed E-state index contributed by atoms with van der Waals surface area (Å²) >= 11 is 0. The first-order valence-corrected chi connectivity index (χ1v) is 6.58. The number of aliphatic carboxylic acids is 1. The number of hydrogen-bond donors (Lipinski definition) is 3. The Bertz CT molecular complexity index is 572. The molecule has 1 aromatic rings. The molecule has 0 spiro atoms. The smallest absolute Gasteiger partial charge is 0.384 e. The number of hydrogen-bond acceptors (Lipinski definition) is 4. The van der Waals surface area contributed by atoms with Crippen molar-refractivity contribution in [1.29, 1.82) is 0 Å². The van der Waals surface area contributed by atoms with Crippen LogP contribution in [0.15, 0.2) is 24.3 Å². The Balaban J connectivity index is 2.98. The lowest BCUT2D eigenvalue weighted by Crippen LogP contribution is -2.33. The summed E-state index contributed by atoms with van der Waals surface area (Å²) in [6.45, 7) is 0. The lowest BCUT2D eigenvalue weighted by atomic mass is 10.0. The van der Waals surface area contributed by atoms with Crippen LogP contribution in [0.25, 0.3) is 0 Å². The van der Waals surface area contributed by atoms with E-state index in [4.69, 9.17) is 10.8 Å². The summed E-state index contributed by atoms with van der Waals surface area (Å²) in [6.07, 6.45) is -0.0590. The largest absolute Gasteiger partial charge is 0.480 e. The van der Waals surface area contributed by atoms with Gasteiger partial charge < -0.3 is 10.8 Å². The average molecular weight is 294 g/mol. The van der Waals surface area contributed by atoms with E-state index < -0.39 is 32.9 Å². The number of rotatable bonds is 5. The van der Waals surface area contributed by atoms with Gasteiger partial charge in [-0.05, 0) is 12.0 Å². The number of carboxylic acid groups (broad SMARTS) is 1. The number of benzene rings is 1. The quantitative estimate of drug-likeness (QED) is 0.704. The van der Waals surface area contributed by atoms with Crippen LogP contribution in [0.3, 0.4) is 0 Å². The molecule has 0 fully saturated rings. The van der Waals surface area contributed by atoms with Crippen LogP contribution >= 0.6 is 0 Å². The minimum atomic E-state index is -5.06. The number of halogens is 2. The molecular formula is C10H12F2N2O4S. The summed E-state index contributed by atoms with van der Waals surface area (Å²) in [6, 6.07) is 2.93. The van der Waals surface area contributed by atoms with Crippen molar-refractivity contribution in [2.45, 2.75) is 17.7 Å². The minimum absolute atomic E-state index is 0.0590. The molecule has 0 unspecified atom stereocenters. The van der Waals surface area contributed by atoms with Crippen molar-refractivity contribution < 1.29 is 27.1 Å². The highest BCUT2D eigenvalue weighted by atomic mass is 32.2. The maximum atomic E-state index is 13.4. The molecular weight excluding hydrogens is 282 g/mol. The summed E-state index contributed by atoms with van der Waals surface area (Å²) in [4.78, 5) is 10.5. The Morgan fingerprint density at radius 2 is 1.79 bits per heavy atom. The molecule has 1 rings (SSSR count). The van der Waals surface area contributed by atoms with Gasteiger partial charge in [-0.25, -0.2) is 13.6 Å². The molecule has 0 radical (unpaired) electrons. The van der Waals surface area contributed by atoms with Crippen molar-refractivity contribution in [2.75, 3.05) is 0 Å². The predicted octanol–water partition coefficient (Wildman–Crippen LogP) is -0.0212. The second-order valence-electron chi connectivity index (χ2n) is 3.91. The van der Waals surface area contributed by atoms with E-state index in [1.165, 1.54) is 12.1 Å². The second kappa shape index (κ2) is 5.19. The minimum Gasteiger partial charge on any atom is -0.480 e. The maximum absolute atomic E-state index is 13.4. The predicted molar refractivity (Wildman–Crippen MR) is 62.8 cm³/mol. The first kappa shape index (κ1) is 15.5. The van der Waals surface area contributed by atoms with Gasteiger partial charge in [-0.2, -0.15) is 8.78 Å². The number of carboxylic acids is 1. The number of nitrogens with two attached hydrogens (primary N) is 2. The van der Waals surface area contributed by atoms with Crippen LogP contribution in [0.4, 0.5) is 8.78 Å². The summed E-state index contributed by atoms with van der Waals surface area (Å²) in [5.74, 6) is -1.22. The summed E-state index contributed by atoms with van der Waals surface area (Å²) in [5.41, 5.74) is 4.88. The van der Waals surface area contributed by atoms with Crippen molar-refractivity contribution in [3.05, 3.63) is 35.4 Å². The Kier molecular flexibility index (Phi) is 4.23. The summed E-state index contributed by atoms with van der Waals surface area (Å²) in [5, 5.41) is 8.83. The molecule has 1 aromatic carbocycles. The van der Waals surface area contributed by atoms with Gasteiger partial charge in [0.2, 0.25) is 0 Å². The lowest BCUT2D eigenvalue weighted by Gasteiger charge is -2.14. The van der Waals surface area contributed by atoms with Gasteiger partial charge in [0.1, 0.15) is 6.04 Å². The Morgan fingerprint density at radius 3 is 2.16 bits per heavy atom. The number of sulfonamides is 1. The zero-order valence-corrected chi connectivity index (χ0v) is 10.4. The van der Waals surface area contributed by atoms with Crippen molar-refractivity contribution in [2.24, 2.45) is 10.9 Å². The summed E-state index contributed by atoms with van der Waals surface area (Å²) in [7, 11) is -5.06. The zero-order chi connectivity index (χ0) is 14.8. The van der Waals surface area contributed by atoms with Gasteiger partial charge in [-0.3, -0.25) is 4.79 Å². The fourth-order valence-electron chi connectivity index (χ4n) is 1.34. The van der Waals surface area contributed by atoms with Crippen LogP contribution < -0.4 is 10.9 Å². The average Bonchev–Trinajstić information content (AvgIpc) is 2.28. The molecule has 0 bridgehead atoms. The molecule has 6 nitrogen and oxygen atoms in total. The van der Waals surface area contributed by atoms with Gasteiger partial charge in [0.05, 0.1) is 0 Å². The summed E-state index contributed by atoms with van der Waals surface area (Å²) < 4.78 is 48.2. The Morgan fingerprint density at radius 1 is 1.32 bits per heavy atom. The third-order valence-corrected chi connectivity index (χ3v) is 3.37. The number of alkyl halides is 2. The monoisotopic (exact) mass is 294 g/mol. The van der Waals surface area contributed by atoms with E-state index in [0.29, 0.717) is 5.56 Å². The van der Waals surface area contributed by atoms with Crippen LogP contribution in [0.2, 0.25) is 0 Å². The molecule has 19 heavy (non-hydrogen) atoms. The SMILES string of the molecule is N[C@@H](Cc1ccc(C(F)(F)S(N)(=O)=O)cc1)C(=O)O. The van der Waals surface area contributed by atoms with Gasteiger partial charge in [-0.15, -0.1) is 0 Å². The van der Waals surface area contributed by atoms with Crippen LogP contribution in [0.5, 0.6) is 0 Å². The molecule has 5 N–H and O–H groups in total. The van der Waals surface area contributed by atoms with E-state index in [0.717, 1.165) is 12.1 Å². The van der Waals surface area contributed by atoms with Crippen LogP contribution in [-0.4, -0.2) is 25.5 Å². The first-order chi connectivity index (χ1) is 8.55. The molecule has 0 aliphatic rings. The third-order valence-electron chi connectivity index (χ3n) is 2.42. The van der Waals surface area contributed by atoms with Gasteiger partial charge >= 0.3 is 11.2 Å². The third kappa shape index (κ3) is 3.46. The van der Waals surface area contributed by atoms with E-state index in [2.05, 4.69) is 5.14 Å². The van der Waals surface area contributed by atoms with Crippen molar-refractivity contribution in [1.82, 2.24) is 0 Å². The van der Waals surface area contributed by atoms with Gasteiger partial charge in [0.25, 0.3) is 10.0 Å². The number of primary sulfonamides is 1. The normalized spacial score (nSPS) is 14.1. The molecule has 0 aliphatic heterocycles. The molecule has 1 atom stereocenters. The molecule has 0 heterocycles. The first-order valence-electron chi connectivity index (χ1n) is 5.03. The Labute approximate surface area is 108 Å². The topological polar surface area (TPSA) is 123 Å². The Hall–Kier alpha value is -1.58. The number of carbonyl (C=O) groups is 1. The highest BCUT2D eigenvalue weighted by Crippen LogP contribution is 2.32. The van der Waals surface area contributed by atoms with E-state index in [9.17, 15) is 22.0 Å². The van der Waals surface area contributed by atoms with Crippen LogP contribution in [0.1, 0.15) is 11.1 Å². The van der Waals surface area contributed by atoms with Gasteiger partial charge in [0.15, 0.2) is 0 Å². The fourth-order valence-corrected chi connectivity index (χ4v) is 1.80. The highest BCUT2D eigenvalue weighted by Gasteiger charge is 2.44. The maximum Gasteiger partial charge on any atom is 0.384 e. The van der Waals surface area contributed by atoms with Crippen LogP contribution in [0, 0.1) is 0 Å². The highest BCUT2D eigenvalue weighted by molar-refractivity contribution is 7.89. The van der Waals surface area contributed by atoms with Crippen molar-refractivity contribution in [3.63, 3.8) is 0 Å². The lowest BCUT2D eigenvalue weighted by molar-refractivity contribution is -0.138. The molecule has 0 amide bonds. The van der Waals surface area contributed by atoms with Gasteiger partial charge in [0, 0.05) is 5.56 Å². The van der Waals surface area contributed by atoms with E-state index in [1.54, 1.807) is 0 Å². The van der Waals surface area contributed by atoms with E-state index in [-0.39, 0.29) is 6.42 Å². The molecule has 106 valence electrons. The second-order valence-corrected chi connectivity index (χ2v) is 5.51. The molecule has 9 heteroatoms. The molecule has 0 saturated carbocycles. The molecule has 0 aromatic heterocycles. The zero-order valence-electron chi connectivity index (χ0n) is 9.58. The van der Waals surface area contributed by atoms with Gasteiger partial charge in [-0.1, -0.05) is 24.3 Å². The molecule has 0 aliphatic carbocycles. The molecule has 0 saturated heterocycles. The fraction of sp³-hybridized carbons (Fsp3) is 0.300. The van der Waals surface area contributed by atoms with Crippen LogP contribution in [-0.2, 0) is 26.5 Å². The van der Waals surface area contributed by atoms with Crippen molar-refractivity contribution in [3.8, 4) is 0 Å². The van der Waals surface area contributed by atoms with E-state index in [1.807, 2.05) is 0 Å².